The Morgan fingerprint density at radius 1 is 0.917 bits per heavy atom. The summed E-state index contributed by atoms with van der Waals surface area (Å²) in [5.41, 5.74) is 4.30. The van der Waals surface area contributed by atoms with Crippen molar-refractivity contribution < 1.29 is 5.11 Å². The zero-order valence-corrected chi connectivity index (χ0v) is 14.6. The molecule has 0 bridgehead atoms. The molecule has 1 N–H and O–H groups in total. The molecule has 24 heavy (non-hydrogen) atoms. The highest BCUT2D eigenvalue weighted by molar-refractivity contribution is 9.09. The zero-order chi connectivity index (χ0) is 16.3. The average Bonchev–Trinajstić information content (AvgIpc) is 2.63. The van der Waals surface area contributed by atoms with Gasteiger partial charge in [-0.3, -0.25) is 0 Å². The summed E-state index contributed by atoms with van der Waals surface area (Å²) in [5.74, 6) is 0. The summed E-state index contributed by atoms with van der Waals surface area (Å²) in [6.45, 7) is 0. The minimum absolute atomic E-state index is 0.128. The first kappa shape index (κ1) is 14.4. The first-order valence-corrected chi connectivity index (χ1v) is 9.20. The van der Waals surface area contributed by atoms with E-state index in [1.54, 1.807) is 0 Å². The molecule has 0 saturated carbocycles. The maximum absolute atomic E-state index is 10.5. The first-order valence-electron chi connectivity index (χ1n) is 8.28. The van der Waals surface area contributed by atoms with E-state index in [0.29, 0.717) is 0 Å². The Balaban J connectivity index is 1.89. The van der Waals surface area contributed by atoms with Gasteiger partial charge in [0.1, 0.15) is 0 Å². The SMILES string of the molecule is OC1c2ccc3cc4ccc5ccccc5c4nc3c2CCC1Br. The van der Waals surface area contributed by atoms with E-state index in [1.807, 2.05) is 0 Å². The molecule has 0 fully saturated rings. The number of halogens is 1. The van der Waals surface area contributed by atoms with Crippen LogP contribution in [-0.4, -0.2) is 14.9 Å². The maximum Gasteiger partial charge on any atom is 0.0918 e. The lowest BCUT2D eigenvalue weighted by molar-refractivity contribution is 0.166. The third-order valence-corrected chi connectivity index (χ3v) is 6.11. The Bertz CT molecular complexity index is 1110. The molecule has 3 aromatic carbocycles. The number of fused-ring (bicyclic) bond motifs is 6. The molecule has 0 aliphatic heterocycles. The molecular formula is C21H16BrNO. The fraction of sp³-hybridized carbons (Fsp3) is 0.190. The zero-order valence-electron chi connectivity index (χ0n) is 13.0. The fourth-order valence-corrected chi connectivity index (χ4v) is 4.40. The molecule has 0 spiro atoms. The van der Waals surface area contributed by atoms with Crippen LogP contribution in [0.15, 0.2) is 54.6 Å². The van der Waals surface area contributed by atoms with Crippen LogP contribution in [0.25, 0.3) is 32.6 Å². The molecule has 0 saturated heterocycles. The Hall–Kier alpha value is -1.97. The lowest BCUT2D eigenvalue weighted by atomic mass is 9.87. The highest BCUT2D eigenvalue weighted by Crippen LogP contribution is 2.38. The van der Waals surface area contributed by atoms with E-state index in [4.69, 9.17) is 4.98 Å². The van der Waals surface area contributed by atoms with Crippen LogP contribution in [0, 0.1) is 0 Å². The smallest absolute Gasteiger partial charge is 0.0918 e. The van der Waals surface area contributed by atoms with E-state index >= 15 is 0 Å². The molecular weight excluding hydrogens is 362 g/mol. The van der Waals surface area contributed by atoms with Gasteiger partial charge in [-0.25, -0.2) is 4.98 Å². The summed E-state index contributed by atoms with van der Waals surface area (Å²) in [5, 5.41) is 15.2. The molecule has 2 unspecified atom stereocenters. The van der Waals surface area contributed by atoms with Crippen molar-refractivity contribution >= 4 is 48.5 Å². The molecule has 1 aliphatic rings. The predicted octanol–water partition coefficient (Wildman–Crippen LogP) is 5.28. The van der Waals surface area contributed by atoms with Gasteiger partial charge in [0.25, 0.3) is 0 Å². The molecule has 0 amide bonds. The van der Waals surface area contributed by atoms with Crippen LogP contribution in [0.1, 0.15) is 23.7 Å². The Morgan fingerprint density at radius 3 is 2.58 bits per heavy atom. The van der Waals surface area contributed by atoms with Gasteiger partial charge in [-0.15, -0.1) is 0 Å². The summed E-state index contributed by atoms with van der Waals surface area (Å²) in [4.78, 5) is 5.18. The van der Waals surface area contributed by atoms with Crippen molar-refractivity contribution in [3.05, 3.63) is 65.7 Å². The van der Waals surface area contributed by atoms with E-state index < -0.39 is 6.10 Å². The third kappa shape index (κ3) is 2.01. The van der Waals surface area contributed by atoms with Crippen LogP contribution < -0.4 is 0 Å². The molecule has 5 rings (SSSR count). The quantitative estimate of drug-likeness (QED) is 0.256. The maximum atomic E-state index is 10.5. The number of alkyl halides is 1. The number of hydrogen-bond acceptors (Lipinski definition) is 2. The van der Waals surface area contributed by atoms with E-state index in [1.165, 1.54) is 16.3 Å². The van der Waals surface area contributed by atoms with Gasteiger partial charge in [0.2, 0.25) is 0 Å². The number of aliphatic hydroxyl groups is 1. The normalized spacial score (nSPS) is 20.6. The minimum atomic E-state index is -0.455. The number of aliphatic hydroxyl groups excluding tert-OH is 1. The monoisotopic (exact) mass is 377 g/mol. The van der Waals surface area contributed by atoms with Crippen LogP contribution in [0.2, 0.25) is 0 Å². The molecule has 1 heterocycles. The van der Waals surface area contributed by atoms with Gasteiger partial charge in [0, 0.05) is 21.0 Å². The van der Waals surface area contributed by atoms with Gasteiger partial charge in [0.15, 0.2) is 0 Å². The number of rotatable bonds is 0. The number of hydrogen-bond donors (Lipinski definition) is 1. The van der Waals surface area contributed by atoms with E-state index in [-0.39, 0.29) is 4.83 Å². The van der Waals surface area contributed by atoms with E-state index in [2.05, 4.69) is 70.5 Å². The summed E-state index contributed by atoms with van der Waals surface area (Å²) >= 11 is 3.59. The van der Waals surface area contributed by atoms with Crippen molar-refractivity contribution in [1.29, 1.82) is 0 Å². The Morgan fingerprint density at radius 2 is 1.67 bits per heavy atom. The van der Waals surface area contributed by atoms with Crippen LogP contribution in [0.5, 0.6) is 0 Å². The van der Waals surface area contributed by atoms with Crippen molar-refractivity contribution in [2.75, 3.05) is 0 Å². The number of nitrogens with zero attached hydrogens (tertiary/aromatic N) is 1. The Labute approximate surface area is 148 Å². The van der Waals surface area contributed by atoms with Crippen LogP contribution in [-0.2, 0) is 6.42 Å². The van der Waals surface area contributed by atoms with Gasteiger partial charge in [-0.1, -0.05) is 64.5 Å². The second-order valence-corrected chi connectivity index (χ2v) is 7.73. The lowest BCUT2D eigenvalue weighted by Crippen LogP contribution is -2.20. The van der Waals surface area contributed by atoms with Crippen molar-refractivity contribution in [3.8, 4) is 0 Å². The molecule has 118 valence electrons. The van der Waals surface area contributed by atoms with E-state index in [0.717, 1.165) is 40.2 Å². The number of aryl methyl sites for hydroxylation is 1. The highest BCUT2D eigenvalue weighted by atomic mass is 79.9. The van der Waals surface area contributed by atoms with Crippen LogP contribution >= 0.6 is 15.9 Å². The Kier molecular flexibility index (Phi) is 3.15. The molecule has 1 aromatic heterocycles. The summed E-state index contributed by atoms with van der Waals surface area (Å²) in [6.07, 6.45) is 1.43. The second-order valence-electron chi connectivity index (χ2n) is 6.55. The molecule has 0 radical (unpaired) electrons. The topological polar surface area (TPSA) is 33.1 Å². The van der Waals surface area contributed by atoms with Crippen molar-refractivity contribution in [3.63, 3.8) is 0 Å². The number of pyridine rings is 1. The van der Waals surface area contributed by atoms with Crippen molar-refractivity contribution in [2.24, 2.45) is 0 Å². The molecule has 4 aromatic rings. The third-order valence-electron chi connectivity index (χ3n) is 5.15. The average molecular weight is 378 g/mol. The van der Waals surface area contributed by atoms with Gasteiger partial charge >= 0.3 is 0 Å². The van der Waals surface area contributed by atoms with E-state index in [9.17, 15) is 5.11 Å². The molecule has 2 atom stereocenters. The molecule has 1 aliphatic carbocycles. The molecule has 3 heteroatoms. The summed E-state index contributed by atoms with van der Waals surface area (Å²) in [6, 6.07) is 19.0. The summed E-state index contributed by atoms with van der Waals surface area (Å²) in [7, 11) is 0. The molecule has 2 nitrogen and oxygen atoms in total. The van der Waals surface area contributed by atoms with Crippen molar-refractivity contribution in [1.82, 2.24) is 4.98 Å². The van der Waals surface area contributed by atoms with Crippen LogP contribution in [0.3, 0.4) is 0 Å². The predicted molar refractivity (Wildman–Crippen MR) is 103 cm³/mol. The highest BCUT2D eigenvalue weighted by Gasteiger charge is 2.27. The first-order chi connectivity index (χ1) is 11.7. The van der Waals surface area contributed by atoms with Gasteiger partial charge in [-0.2, -0.15) is 0 Å². The fourth-order valence-electron chi connectivity index (χ4n) is 3.89. The number of aromatic nitrogens is 1. The number of benzene rings is 3. The van der Waals surface area contributed by atoms with Gasteiger partial charge in [0.05, 0.1) is 17.1 Å². The lowest BCUT2D eigenvalue weighted by Gasteiger charge is -2.27. The second kappa shape index (κ2) is 5.27. The minimum Gasteiger partial charge on any atom is -0.387 e. The van der Waals surface area contributed by atoms with Gasteiger partial charge in [-0.05, 0) is 35.4 Å². The largest absolute Gasteiger partial charge is 0.387 e. The van der Waals surface area contributed by atoms with Crippen LogP contribution in [0.4, 0.5) is 0 Å². The van der Waals surface area contributed by atoms with Gasteiger partial charge < -0.3 is 5.11 Å². The standard InChI is InChI=1S/C21H16BrNO/c22-18-10-9-16-17(21(18)24)8-7-14-11-13-6-5-12-3-1-2-4-15(12)19(13)23-20(14)16/h1-8,11,18,21,24H,9-10H2. The summed E-state index contributed by atoms with van der Waals surface area (Å²) < 4.78 is 0. The van der Waals surface area contributed by atoms with Crippen molar-refractivity contribution in [2.45, 2.75) is 23.8 Å².